The average Bonchev–Trinajstić information content (AvgIpc) is 3.19. The molecule has 124 valence electrons. The van der Waals surface area contributed by atoms with E-state index in [1.807, 2.05) is 17.2 Å². The Morgan fingerprint density at radius 1 is 1.48 bits per heavy atom. The Bertz CT molecular complexity index is 734. The highest BCUT2D eigenvalue weighted by Gasteiger charge is 2.24. The van der Waals surface area contributed by atoms with E-state index in [4.69, 9.17) is 0 Å². The van der Waals surface area contributed by atoms with Gasteiger partial charge in [-0.05, 0) is 19.8 Å². The summed E-state index contributed by atoms with van der Waals surface area (Å²) >= 11 is 2.99. The zero-order valence-electron chi connectivity index (χ0n) is 13.2. The first-order chi connectivity index (χ1) is 11.2. The third-order valence-corrected chi connectivity index (χ3v) is 5.97. The number of nitrogens with zero attached hydrogens (tertiary/aromatic N) is 3. The minimum atomic E-state index is -0.0562. The summed E-state index contributed by atoms with van der Waals surface area (Å²) in [7, 11) is 0. The summed E-state index contributed by atoms with van der Waals surface area (Å²) in [4.78, 5) is 31.5. The molecule has 2 aromatic rings. The van der Waals surface area contributed by atoms with Crippen LogP contribution < -0.4 is 5.56 Å². The van der Waals surface area contributed by atoms with Gasteiger partial charge in [0.25, 0.3) is 5.56 Å². The van der Waals surface area contributed by atoms with Gasteiger partial charge in [0.05, 0.1) is 11.4 Å². The van der Waals surface area contributed by atoms with Gasteiger partial charge in [-0.2, -0.15) is 0 Å². The smallest absolute Gasteiger partial charge is 0.258 e. The van der Waals surface area contributed by atoms with Crippen LogP contribution in [0, 0.1) is 0 Å². The maximum absolute atomic E-state index is 12.4. The lowest BCUT2D eigenvalue weighted by Gasteiger charge is -2.27. The molecule has 0 aromatic carbocycles. The van der Waals surface area contributed by atoms with Crippen LogP contribution in [0.1, 0.15) is 38.3 Å². The predicted molar refractivity (Wildman–Crippen MR) is 95.1 cm³/mol. The highest BCUT2D eigenvalue weighted by Crippen LogP contribution is 2.24. The molecule has 0 saturated heterocycles. The van der Waals surface area contributed by atoms with Crippen molar-refractivity contribution in [2.45, 2.75) is 44.4 Å². The Morgan fingerprint density at radius 3 is 3.00 bits per heavy atom. The summed E-state index contributed by atoms with van der Waals surface area (Å²) in [6, 6.07) is 1.99. The van der Waals surface area contributed by atoms with Gasteiger partial charge in [0.15, 0.2) is 4.96 Å². The van der Waals surface area contributed by atoms with Crippen molar-refractivity contribution in [3.8, 4) is 0 Å². The molecule has 0 aliphatic heterocycles. The van der Waals surface area contributed by atoms with Crippen LogP contribution in [0.4, 0.5) is 0 Å². The van der Waals surface area contributed by atoms with Crippen molar-refractivity contribution in [2.75, 3.05) is 12.3 Å². The summed E-state index contributed by atoms with van der Waals surface area (Å²) < 4.78 is 1.54. The molecule has 5 nitrogen and oxygen atoms in total. The highest BCUT2D eigenvalue weighted by molar-refractivity contribution is 7.99. The Kier molecular flexibility index (Phi) is 5.38. The zero-order valence-corrected chi connectivity index (χ0v) is 14.9. The van der Waals surface area contributed by atoms with Crippen LogP contribution in [0.2, 0.25) is 0 Å². The van der Waals surface area contributed by atoms with Crippen LogP contribution in [0.3, 0.4) is 0 Å². The molecule has 1 fully saturated rings. The number of hydrogen-bond donors (Lipinski definition) is 0. The summed E-state index contributed by atoms with van der Waals surface area (Å²) in [5, 5.41) is 1.85. The van der Waals surface area contributed by atoms with Crippen molar-refractivity contribution in [3.63, 3.8) is 0 Å². The van der Waals surface area contributed by atoms with E-state index in [0.717, 1.165) is 25.1 Å². The van der Waals surface area contributed by atoms with Gasteiger partial charge in [-0.15, -0.1) is 23.1 Å². The fraction of sp³-hybridized carbons (Fsp3) is 0.562. The molecule has 1 aliphatic carbocycles. The molecule has 3 rings (SSSR count). The van der Waals surface area contributed by atoms with E-state index in [1.165, 1.54) is 35.9 Å². The Labute approximate surface area is 143 Å². The third kappa shape index (κ3) is 3.77. The number of rotatable bonds is 6. The first kappa shape index (κ1) is 16.5. The summed E-state index contributed by atoms with van der Waals surface area (Å²) in [6.07, 6.45) is 6.47. The molecule has 2 aromatic heterocycles. The predicted octanol–water partition coefficient (Wildman–Crippen LogP) is 2.78. The Hall–Kier alpha value is -1.34. The van der Waals surface area contributed by atoms with Crippen LogP contribution in [0.5, 0.6) is 0 Å². The van der Waals surface area contributed by atoms with E-state index in [9.17, 15) is 9.59 Å². The van der Waals surface area contributed by atoms with E-state index >= 15 is 0 Å². The molecule has 2 heterocycles. The van der Waals surface area contributed by atoms with Crippen LogP contribution in [-0.4, -0.2) is 38.5 Å². The molecule has 7 heteroatoms. The molecular weight excluding hydrogens is 330 g/mol. The van der Waals surface area contributed by atoms with Gasteiger partial charge in [-0.1, -0.05) is 12.8 Å². The van der Waals surface area contributed by atoms with Gasteiger partial charge < -0.3 is 4.90 Å². The number of fused-ring (bicyclic) bond motifs is 1. The van der Waals surface area contributed by atoms with Crippen LogP contribution >= 0.6 is 23.1 Å². The number of carbonyl (C=O) groups is 1. The molecule has 1 amide bonds. The monoisotopic (exact) mass is 351 g/mol. The number of thioether (sulfide) groups is 1. The number of carbonyl (C=O) groups excluding carboxylic acids is 1. The topological polar surface area (TPSA) is 54.7 Å². The van der Waals surface area contributed by atoms with Gasteiger partial charge in [0.1, 0.15) is 0 Å². The Morgan fingerprint density at radius 2 is 2.26 bits per heavy atom. The third-order valence-electron chi connectivity index (χ3n) is 4.26. The van der Waals surface area contributed by atoms with E-state index < -0.39 is 0 Å². The SMILES string of the molecule is CCN(C(=O)CSCc1cc(=O)n2ccsc2n1)C1CCCC1. The van der Waals surface area contributed by atoms with Crippen LogP contribution in [-0.2, 0) is 10.5 Å². The molecule has 0 atom stereocenters. The first-order valence-corrected chi connectivity index (χ1v) is 10.1. The maximum atomic E-state index is 12.4. The first-order valence-electron chi connectivity index (χ1n) is 8.02. The van der Waals surface area contributed by atoms with Crippen LogP contribution in [0.25, 0.3) is 4.96 Å². The van der Waals surface area contributed by atoms with Gasteiger partial charge in [0.2, 0.25) is 5.91 Å². The Balaban J connectivity index is 1.57. The number of hydrogen-bond acceptors (Lipinski definition) is 5. The van der Waals surface area contributed by atoms with E-state index in [-0.39, 0.29) is 11.5 Å². The number of aromatic nitrogens is 2. The molecule has 0 N–H and O–H groups in total. The highest BCUT2D eigenvalue weighted by atomic mass is 32.2. The minimum absolute atomic E-state index is 0.0562. The fourth-order valence-electron chi connectivity index (χ4n) is 3.14. The number of thiazole rings is 1. The molecule has 0 bridgehead atoms. The van der Waals surface area contributed by atoms with Crippen molar-refractivity contribution in [1.29, 1.82) is 0 Å². The van der Waals surface area contributed by atoms with Gasteiger partial charge in [-0.3, -0.25) is 14.0 Å². The van der Waals surface area contributed by atoms with Gasteiger partial charge in [0, 0.05) is 36.0 Å². The quantitative estimate of drug-likeness (QED) is 0.803. The van der Waals surface area contributed by atoms with E-state index in [1.54, 1.807) is 16.7 Å². The normalized spacial score (nSPS) is 15.3. The molecule has 1 aliphatic rings. The zero-order chi connectivity index (χ0) is 16.2. The fourth-order valence-corrected chi connectivity index (χ4v) is 4.68. The standard InChI is InChI=1S/C16H21N3O2S2/c1-2-18(13-5-3-4-6-13)15(21)11-22-10-12-9-14(20)19-7-8-23-16(19)17-12/h7-9,13H,2-6,10-11H2,1H3. The van der Waals surface area contributed by atoms with Crippen molar-refractivity contribution < 1.29 is 4.79 Å². The molecule has 0 radical (unpaired) electrons. The summed E-state index contributed by atoms with van der Waals surface area (Å²) in [6.45, 7) is 2.83. The molecule has 0 spiro atoms. The van der Waals surface area contributed by atoms with Crippen molar-refractivity contribution in [1.82, 2.24) is 14.3 Å². The summed E-state index contributed by atoms with van der Waals surface area (Å²) in [5.41, 5.74) is 0.693. The van der Waals surface area contributed by atoms with E-state index in [0.29, 0.717) is 22.5 Å². The second kappa shape index (κ2) is 7.49. The minimum Gasteiger partial charge on any atom is -0.339 e. The van der Waals surface area contributed by atoms with Crippen molar-refractivity contribution in [3.05, 3.63) is 33.7 Å². The number of amides is 1. The van der Waals surface area contributed by atoms with Gasteiger partial charge >= 0.3 is 0 Å². The van der Waals surface area contributed by atoms with Crippen molar-refractivity contribution in [2.24, 2.45) is 0 Å². The molecule has 23 heavy (non-hydrogen) atoms. The second-order valence-electron chi connectivity index (χ2n) is 5.75. The average molecular weight is 351 g/mol. The van der Waals surface area contributed by atoms with Gasteiger partial charge in [-0.25, -0.2) is 4.98 Å². The second-order valence-corrected chi connectivity index (χ2v) is 7.61. The largest absolute Gasteiger partial charge is 0.339 e. The lowest BCUT2D eigenvalue weighted by atomic mass is 10.2. The van der Waals surface area contributed by atoms with E-state index in [2.05, 4.69) is 4.98 Å². The maximum Gasteiger partial charge on any atom is 0.258 e. The molecule has 0 unspecified atom stereocenters. The molecular formula is C16H21N3O2S2. The van der Waals surface area contributed by atoms with Crippen LogP contribution in [0.15, 0.2) is 22.4 Å². The molecule has 1 saturated carbocycles. The summed E-state index contributed by atoms with van der Waals surface area (Å²) in [5.74, 6) is 1.26. The lowest BCUT2D eigenvalue weighted by molar-refractivity contribution is -0.130. The lowest BCUT2D eigenvalue weighted by Crippen LogP contribution is -2.39. The van der Waals surface area contributed by atoms with Crippen molar-refractivity contribution >= 4 is 34.0 Å².